The summed E-state index contributed by atoms with van der Waals surface area (Å²) in [5.74, 6) is -6.77. The molecule has 0 saturated heterocycles. The Kier molecular flexibility index (Phi) is 46.9. The Morgan fingerprint density at radius 1 is 0.210 bits per heavy atom. The molecule has 20 nitrogen and oxygen atoms in total. The third kappa shape index (κ3) is 35.6. The Morgan fingerprint density at radius 3 is 0.470 bits per heavy atom. The fourth-order valence-corrected chi connectivity index (χ4v) is 9.17. The van der Waals surface area contributed by atoms with E-state index in [1.807, 2.05) is 109 Å². The van der Waals surface area contributed by atoms with Crippen molar-refractivity contribution >= 4 is 171 Å². The average molecular weight is 2310 g/mol. The van der Waals surface area contributed by atoms with Crippen molar-refractivity contribution in [2.24, 2.45) is 0 Å². The van der Waals surface area contributed by atoms with Crippen molar-refractivity contribution in [2.45, 2.75) is 0 Å². The molecule has 12 aromatic rings. The van der Waals surface area contributed by atoms with Crippen LogP contribution in [0, 0.1) is 96.9 Å². The van der Waals surface area contributed by atoms with Crippen LogP contribution < -0.4 is 30.6 Å². The third-order valence-corrected chi connectivity index (χ3v) is 16.0. The first kappa shape index (κ1) is 91.9. The zero-order valence-electron chi connectivity index (χ0n) is 51.0. The van der Waals surface area contributed by atoms with Crippen LogP contribution in [-0.4, -0.2) is 76.7 Å². The number of carbonyl (C=O) groups excluding carboxylic acids is 6. The van der Waals surface area contributed by atoms with E-state index in [1.165, 1.54) is 72.8 Å². The Morgan fingerprint density at radius 2 is 0.350 bits per heavy atom. The fourth-order valence-electron chi connectivity index (χ4n) is 7.01. The summed E-state index contributed by atoms with van der Waals surface area (Å²) in [6.45, 7) is 0. The molecule has 4 N–H and O–H groups in total. The van der Waals surface area contributed by atoms with Crippen molar-refractivity contribution in [3.63, 3.8) is 0 Å². The number of rotatable bonds is 10. The molecule has 0 spiro atoms. The molecule has 0 aliphatic carbocycles. The van der Waals surface area contributed by atoms with Gasteiger partial charge in [0.15, 0.2) is 0 Å². The molecule has 0 amide bonds. The number of nitrogens with zero attached hydrogens (tertiary/aromatic N) is 6. The smallest absolute Gasteiger partial charge is 0.545 e. The van der Waals surface area contributed by atoms with Crippen molar-refractivity contribution < 1.29 is 146 Å². The van der Waals surface area contributed by atoms with Crippen molar-refractivity contribution in [1.82, 2.24) is 29.9 Å². The number of pyridine rings is 6. The molecule has 100 heavy (non-hydrogen) atoms. The maximum Gasteiger partial charge on any atom is 3.00 e. The van der Waals surface area contributed by atoms with Crippen LogP contribution in [0.5, 0.6) is 0 Å². The van der Waals surface area contributed by atoms with Crippen molar-refractivity contribution in [1.29, 1.82) is 0 Å². The number of aromatic carboxylic acids is 6. The van der Waals surface area contributed by atoms with Gasteiger partial charge in [0.2, 0.25) is 0 Å². The second-order valence-corrected chi connectivity index (χ2v) is 25.9. The molecule has 28 heteroatoms. The van der Waals surface area contributed by atoms with E-state index >= 15 is 0 Å². The molecule has 0 aliphatic rings. The van der Waals surface area contributed by atoms with Gasteiger partial charge >= 0.3 is 75.5 Å². The Hall–Kier alpha value is -6.14. The van der Waals surface area contributed by atoms with Gasteiger partial charge in [0.25, 0.3) is 0 Å². The molecule has 0 atom stereocenters. The van der Waals surface area contributed by atoms with Crippen molar-refractivity contribution in [2.75, 3.05) is 0 Å². The minimum atomic E-state index is -1.13. The van der Waals surface area contributed by atoms with E-state index in [1.54, 1.807) is 97.6 Å². The van der Waals surface area contributed by atoms with E-state index in [9.17, 15) is 59.4 Å². The monoisotopic (exact) mass is 2310 g/mol. The van der Waals surface area contributed by atoms with Crippen LogP contribution in [0.4, 0.5) is 0 Å². The number of benzene rings is 6. The SMILES string of the molecule is O.O.O=C([O-])c1ccc(I)cc1.O=C([O-])c1ccc(I)cc1.O=C([O-])c1ccc(I)cc1.O=C([O-])c1ccc(I)cc1.O=C([O-])c1ccc(I)cc1.O=C([O-])c1ccc(I)cc1.[Ho+3].[Ho+3].c1ccc(-c2cccc(-c3ccccn3)n2)nc1.c1ccc(-c2cccc(-c3ccccn3)n2)nc1. The zero-order chi connectivity index (χ0) is 69.8. The molecule has 12 rings (SSSR count). The van der Waals surface area contributed by atoms with Gasteiger partial charge in [0.1, 0.15) is 0 Å². The van der Waals surface area contributed by atoms with E-state index < -0.39 is 35.8 Å². The van der Waals surface area contributed by atoms with Gasteiger partial charge in [0.05, 0.1) is 81.4 Å². The molecule has 0 saturated carbocycles. The van der Waals surface area contributed by atoms with Gasteiger partial charge in [0, 0.05) is 46.2 Å². The van der Waals surface area contributed by atoms with Gasteiger partial charge < -0.3 is 70.4 Å². The first-order valence-electron chi connectivity index (χ1n) is 27.5. The summed E-state index contributed by atoms with van der Waals surface area (Å²) in [7, 11) is 0. The summed E-state index contributed by atoms with van der Waals surface area (Å²) in [5, 5.41) is 61.2. The number of halogens is 6. The first-order chi connectivity index (χ1) is 46.1. The topological polar surface area (TPSA) is 381 Å². The van der Waals surface area contributed by atoms with E-state index in [4.69, 9.17) is 0 Å². The Labute approximate surface area is 716 Å². The molecule has 0 bridgehead atoms. The fraction of sp³-hybridized carbons (Fsp3) is 0. The van der Waals surface area contributed by atoms with Crippen LogP contribution in [0.1, 0.15) is 62.1 Å². The number of carbonyl (C=O) groups is 6. The second-order valence-electron chi connectivity index (χ2n) is 18.4. The molecule has 6 aromatic carbocycles. The second kappa shape index (κ2) is 51.1. The van der Waals surface area contributed by atoms with Crippen LogP contribution in [0.3, 0.4) is 0 Å². The summed E-state index contributed by atoms with van der Waals surface area (Å²) < 4.78 is 6.10. The predicted molar refractivity (Wildman–Crippen MR) is 410 cm³/mol. The molecule has 0 unspecified atom stereocenters. The van der Waals surface area contributed by atoms with Crippen LogP contribution in [-0.2, 0) is 0 Å². The Bertz CT molecular complexity index is 3750. The number of carboxylic acids is 6. The Balaban J connectivity index is 0.000000577. The van der Waals surface area contributed by atoms with Crippen LogP contribution in [0.25, 0.3) is 45.6 Å². The average Bonchev–Trinajstić information content (AvgIpc) is 0.848. The number of hydrogen-bond acceptors (Lipinski definition) is 18. The van der Waals surface area contributed by atoms with Crippen molar-refractivity contribution in [3.8, 4) is 45.6 Å². The van der Waals surface area contributed by atoms with E-state index in [0.717, 1.165) is 67.0 Å². The summed E-state index contributed by atoms with van der Waals surface area (Å²) >= 11 is 12.6. The summed E-state index contributed by atoms with van der Waals surface area (Å²) in [6, 6.07) is 74.0. The molecule has 0 radical (unpaired) electrons. The molecule has 0 fully saturated rings. The maximum absolute atomic E-state index is 10.2. The van der Waals surface area contributed by atoms with E-state index in [2.05, 4.69) is 165 Å². The van der Waals surface area contributed by atoms with Gasteiger partial charge in [-0.2, -0.15) is 0 Å². The maximum atomic E-state index is 10.2. The summed E-state index contributed by atoms with van der Waals surface area (Å²) in [4.78, 5) is 87.6. The molecular weight excluding hydrogens is 2260 g/mol. The zero-order valence-corrected chi connectivity index (χ0v) is 67.8. The predicted octanol–water partition coefficient (Wildman–Crippen LogP) is 8.69. The van der Waals surface area contributed by atoms with Crippen molar-refractivity contribution in [3.05, 3.63) is 334 Å². The quantitative estimate of drug-likeness (QED) is 0.0912. The summed E-state index contributed by atoms with van der Waals surface area (Å²) in [6.07, 6.45) is 7.07. The minimum Gasteiger partial charge on any atom is -0.545 e. The van der Waals surface area contributed by atoms with E-state index in [-0.39, 0.29) is 120 Å². The number of aromatic nitrogens is 6. The minimum absolute atomic E-state index is 0. The van der Waals surface area contributed by atoms with Gasteiger partial charge in [-0.05, 0) is 315 Å². The van der Waals surface area contributed by atoms with Gasteiger partial charge in [-0.1, -0.05) is 109 Å². The van der Waals surface area contributed by atoms with Crippen LogP contribution >= 0.6 is 136 Å². The van der Waals surface area contributed by atoms with Gasteiger partial charge in [-0.15, -0.1) is 0 Å². The number of carboxylic acid groups (broad SMARTS) is 6. The normalized spacial score (nSPS) is 9.26. The standard InChI is InChI=1S/2C15H11N3.6C7H5IO2.2Ho.2H2O/c2*1-3-10-16-12(6-1)14-8-5-9-15(18-14)13-7-2-4-11-17-13;6*8-6-3-1-5(2-4-6)7(9)10;;;;/h2*1-11H;6*1-4H,(H,9,10);;;2*1H2/q;;;;;;;;2*+3;;/p-6. The molecule has 6 aromatic heterocycles. The first-order valence-corrected chi connectivity index (χ1v) is 33.9. The molecule has 516 valence electrons. The largest absolute Gasteiger partial charge is 3.00 e. The molecular formula is C72H50Ho2I6N6O14. The van der Waals surface area contributed by atoms with Gasteiger partial charge in [-0.3, -0.25) is 19.9 Å². The van der Waals surface area contributed by atoms with E-state index in [0.29, 0.717) is 0 Å². The molecule has 0 aliphatic heterocycles. The molecule has 6 heterocycles. The number of hydrogen-bond donors (Lipinski definition) is 0. The summed E-state index contributed by atoms with van der Waals surface area (Å²) in [5.41, 5.74) is 8.26. The van der Waals surface area contributed by atoms with Crippen LogP contribution in [0.15, 0.2) is 280 Å². The van der Waals surface area contributed by atoms with Gasteiger partial charge in [-0.25, -0.2) is 9.97 Å². The third-order valence-electron chi connectivity index (χ3n) is 11.7. The van der Waals surface area contributed by atoms with Crippen LogP contribution in [0.2, 0.25) is 0 Å².